The van der Waals surface area contributed by atoms with Gasteiger partial charge in [-0.25, -0.2) is 0 Å². The minimum Gasteiger partial charge on any atom is -0.0622 e. The van der Waals surface area contributed by atoms with E-state index < -0.39 is 0 Å². The van der Waals surface area contributed by atoms with Crippen molar-refractivity contribution in [3.8, 4) is 44.5 Å². The number of benzene rings is 10. The van der Waals surface area contributed by atoms with Gasteiger partial charge in [0.15, 0.2) is 0 Å². The molecule has 50 heavy (non-hydrogen) atoms. The zero-order valence-electron chi connectivity index (χ0n) is 27.5. The maximum absolute atomic E-state index is 2.38. The van der Waals surface area contributed by atoms with Crippen LogP contribution in [0.2, 0.25) is 0 Å². The normalized spacial score (nSPS) is 11.6. The minimum absolute atomic E-state index is 1.23. The fourth-order valence-corrected chi connectivity index (χ4v) is 8.22. The van der Waals surface area contributed by atoms with Crippen LogP contribution in [0, 0.1) is 0 Å². The average Bonchev–Trinajstić information content (AvgIpc) is 3.19. The van der Waals surface area contributed by atoms with Gasteiger partial charge >= 0.3 is 0 Å². The van der Waals surface area contributed by atoms with Crippen molar-refractivity contribution in [3.05, 3.63) is 194 Å². The molecule has 0 spiro atoms. The molecule has 0 nitrogen and oxygen atoms in total. The van der Waals surface area contributed by atoms with E-state index >= 15 is 0 Å². The predicted octanol–water partition coefficient (Wildman–Crippen LogP) is 14.1. The van der Waals surface area contributed by atoms with Crippen molar-refractivity contribution in [1.29, 1.82) is 0 Å². The van der Waals surface area contributed by atoms with Crippen molar-refractivity contribution in [2.24, 2.45) is 0 Å². The summed E-state index contributed by atoms with van der Waals surface area (Å²) >= 11 is 0. The molecule has 232 valence electrons. The fraction of sp³-hybridized carbons (Fsp3) is 0. The van der Waals surface area contributed by atoms with Crippen molar-refractivity contribution in [3.63, 3.8) is 0 Å². The average molecular weight is 633 g/mol. The van der Waals surface area contributed by atoms with Gasteiger partial charge in [0.05, 0.1) is 0 Å². The molecule has 0 bridgehead atoms. The van der Waals surface area contributed by atoms with Gasteiger partial charge < -0.3 is 0 Å². The first-order chi connectivity index (χ1) is 24.8. The lowest BCUT2D eigenvalue weighted by atomic mass is 9.82. The van der Waals surface area contributed by atoms with Gasteiger partial charge in [-0.1, -0.05) is 182 Å². The molecular weight excluding hydrogens is 601 g/mol. The molecule has 0 fully saturated rings. The van der Waals surface area contributed by atoms with Crippen LogP contribution in [0.15, 0.2) is 194 Å². The van der Waals surface area contributed by atoms with Crippen molar-refractivity contribution >= 4 is 53.9 Å². The van der Waals surface area contributed by atoms with Gasteiger partial charge in [0.2, 0.25) is 0 Å². The topological polar surface area (TPSA) is 0 Å². The second-order valence-electron chi connectivity index (χ2n) is 13.2. The molecule has 0 aliphatic carbocycles. The molecule has 0 amide bonds. The first-order valence-corrected chi connectivity index (χ1v) is 17.4. The highest BCUT2D eigenvalue weighted by Gasteiger charge is 2.21. The van der Waals surface area contributed by atoms with E-state index in [1.807, 2.05) is 0 Å². The Morgan fingerprint density at radius 1 is 0.200 bits per heavy atom. The number of fused-ring (bicyclic) bond motifs is 6. The van der Waals surface area contributed by atoms with Crippen LogP contribution in [0.1, 0.15) is 0 Å². The van der Waals surface area contributed by atoms with E-state index in [9.17, 15) is 0 Å². The van der Waals surface area contributed by atoms with E-state index in [-0.39, 0.29) is 0 Å². The highest BCUT2D eigenvalue weighted by molar-refractivity contribution is 6.25. The molecule has 10 rings (SSSR count). The van der Waals surface area contributed by atoms with Gasteiger partial charge in [-0.05, 0) is 111 Å². The summed E-state index contributed by atoms with van der Waals surface area (Å²) in [6.45, 7) is 0. The third kappa shape index (κ3) is 4.46. The lowest BCUT2D eigenvalue weighted by Crippen LogP contribution is -1.94. The smallest absolute Gasteiger partial charge is 0.00201 e. The van der Waals surface area contributed by atoms with Crippen LogP contribution in [-0.2, 0) is 0 Å². The molecule has 0 N–H and O–H groups in total. The Morgan fingerprint density at radius 2 is 0.700 bits per heavy atom. The van der Waals surface area contributed by atoms with E-state index in [4.69, 9.17) is 0 Å². The van der Waals surface area contributed by atoms with Gasteiger partial charge in [0, 0.05) is 0 Å². The summed E-state index contributed by atoms with van der Waals surface area (Å²) in [7, 11) is 0. The van der Waals surface area contributed by atoms with Crippen LogP contribution >= 0.6 is 0 Å². The predicted molar refractivity (Wildman–Crippen MR) is 216 cm³/mol. The summed E-state index contributed by atoms with van der Waals surface area (Å²) in [5.74, 6) is 0. The third-order valence-electron chi connectivity index (χ3n) is 10.4. The van der Waals surface area contributed by atoms with Gasteiger partial charge in [-0.15, -0.1) is 0 Å². The van der Waals surface area contributed by atoms with Crippen LogP contribution < -0.4 is 0 Å². The van der Waals surface area contributed by atoms with Crippen molar-refractivity contribution in [2.45, 2.75) is 0 Å². The zero-order chi connectivity index (χ0) is 33.0. The Labute approximate surface area is 291 Å². The molecule has 0 saturated heterocycles. The van der Waals surface area contributed by atoms with Crippen molar-refractivity contribution < 1.29 is 0 Å². The van der Waals surface area contributed by atoms with Crippen molar-refractivity contribution in [2.75, 3.05) is 0 Å². The van der Waals surface area contributed by atoms with Crippen LogP contribution in [0.5, 0.6) is 0 Å². The molecule has 10 aromatic carbocycles. The fourth-order valence-electron chi connectivity index (χ4n) is 8.22. The molecule has 0 heteroatoms. The standard InChI is InChI=1S/C50H32/c1-2-15-33(16-3-1)35-30-29-34-18-14-28-46(47(34)31-35)50-44-26-12-10-24-42(44)49(43-25-11-13-27-45(43)50)41-23-9-8-22-40(41)48-32-36-17-4-5-19-37(36)38-20-6-7-21-39(38)48/h1-32H. The molecule has 0 radical (unpaired) electrons. The van der Waals surface area contributed by atoms with E-state index in [0.29, 0.717) is 0 Å². The Bertz CT molecular complexity index is 2860. The molecule has 0 saturated carbocycles. The van der Waals surface area contributed by atoms with Gasteiger partial charge in [0.1, 0.15) is 0 Å². The second kappa shape index (κ2) is 11.6. The van der Waals surface area contributed by atoms with E-state index in [0.717, 1.165) is 0 Å². The zero-order valence-corrected chi connectivity index (χ0v) is 27.5. The molecule has 0 aliphatic rings. The maximum Gasteiger partial charge on any atom is -0.00201 e. The molecular formula is C50H32. The quantitative estimate of drug-likeness (QED) is 0.134. The largest absolute Gasteiger partial charge is 0.0622 e. The molecule has 0 heterocycles. The van der Waals surface area contributed by atoms with Crippen LogP contribution in [0.25, 0.3) is 98.4 Å². The number of hydrogen-bond acceptors (Lipinski definition) is 0. The minimum atomic E-state index is 1.23. The lowest BCUT2D eigenvalue weighted by Gasteiger charge is -2.21. The summed E-state index contributed by atoms with van der Waals surface area (Å²) in [4.78, 5) is 0. The maximum atomic E-state index is 2.38. The molecule has 0 atom stereocenters. The Hall–Kier alpha value is -6.50. The SMILES string of the molecule is c1ccc(-c2ccc3cccc(-c4c5ccccc5c(-c5ccccc5-c5cc6ccccc6c6ccccc56)c5ccccc45)c3c2)cc1. The molecule has 0 unspecified atom stereocenters. The third-order valence-corrected chi connectivity index (χ3v) is 10.4. The summed E-state index contributed by atoms with van der Waals surface area (Å²) in [6.07, 6.45) is 0. The Kier molecular flexibility index (Phi) is 6.60. The second-order valence-corrected chi connectivity index (χ2v) is 13.2. The van der Waals surface area contributed by atoms with Crippen molar-refractivity contribution in [1.82, 2.24) is 0 Å². The Morgan fingerprint density at radius 3 is 1.40 bits per heavy atom. The molecule has 0 aliphatic heterocycles. The van der Waals surface area contributed by atoms with Crippen LogP contribution in [0.4, 0.5) is 0 Å². The van der Waals surface area contributed by atoms with Crippen LogP contribution in [-0.4, -0.2) is 0 Å². The summed E-state index contributed by atoms with van der Waals surface area (Å²) < 4.78 is 0. The molecule has 0 aromatic heterocycles. The van der Waals surface area contributed by atoms with E-state index in [1.165, 1.54) is 98.4 Å². The summed E-state index contributed by atoms with van der Waals surface area (Å²) in [5, 5.41) is 12.6. The summed E-state index contributed by atoms with van der Waals surface area (Å²) in [5.41, 5.74) is 10.0. The monoisotopic (exact) mass is 632 g/mol. The first kappa shape index (κ1) is 28.5. The van der Waals surface area contributed by atoms with E-state index in [2.05, 4.69) is 194 Å². The van der Waals surface area contributed by atoms with Gasteiger partial charge in [0.25, 0.3) is 0 Å². The summed E-state index contributed by atoms with van der Waals surface area (Å²) in [6, 6.07) is 71.3. The molecule has 10 aromatic rings. The number of rotatable bonds is 4. The first-order valence-electron chi connectivity index (χ1n) is 17.4. The van der Waals surface area contributed by atoms with E-state index in [1.54, 1.807) is 0 Å². The van der Waals surface area contributed by atoms with Gasteiger partial charge in [-0.2, -0.15) is 0 Å². The lowest BCUT2D eigenvalue weighted by molar-refractivity contribution is 1.63. The van der Waals surface area contributed by atoms with Gasteiger partial charge in [-0.3, -0.25) is 0 Å². The Balaban J connectivity index is 1.29. The van der Waals surface area contributed by atoms with Crippen LogP contribution in [0.3, 0.4) is 0 Å². The highest BCUT2D eigenvalue weighted by atomic mass is 14.2. The number of hydrogen-bond donors (Lipinski definition) is 0. The highest BCUT2D eigenvalue weighted by Crippen LogP contribution is 2.48.